The van der Waals surface area contributed by atoms with E-state index in [1.807, 2.05) is 30.3 Å². The topological polar surface area (TPSA) is 76.9 Å². The summed E-state index contributed by atoms with van der Waals surface area (Å²) in [7, 11) is 0. The third-order valence-corrected chi connectivity index (χ3v) is 7.39. The molecule has 6 nitrogen and oxygen atoms in total. The second-order valence-electron chi connectivity index (χ2n) is 7.75. The van der Waals surface area contributed by atoms with E-state index in [4.69, 9.17) is 4.98 Å². The second kappa shape index (κ2) is 10.3. The number of nitrogens with one attached hydrogen (secondary N) is 1. The smallest absolute Gasteiger partial charge is 0.272 e. The van der Waals surface area contributed by atoms with Crippen molar-refractivity contribution in [2.45, 2.75) is 44.3 Å². The van der Waals surface area contributed by atoms with E-state index in [9.17, 15) is 9.59 Å². The van der Waals surface area contributed by atoms with Crippen molar-refractivity contribution in [2.75, 3.05) is 12.3 Å². The molecule has 1 aromatic carbocycles. The van der Waals surface area contributed by atoms with Crippen molar-refractivity contribution in [3.8, 4) is 0 Å². The number of carbonyl (C=O) groups is 1. The Bertz CT molecular complexity index is 1280. The van der Waals surface area contributed by atoms with Gasteiger partial charge >= 0.3 is 0 Å². The molecule has 166 valence electrons. The molecular formula is C24H26N4O2S2. The molecule has 0 spiro atoms. The Hall–Kier alpha value is -2.71. The molecule has 0 fully saturated rings. The summed E-state index contributed by atoms with van der Waals surface area (Å²) in [6.45, 7) is 5.35. The number of amides is 1. The lowest BCUT2D eigenvalue weighted by Crippen LogP contribution is -2.28. The Balaban J connectivity index is 1.71. The van der Waals surface area contributed by atoms with Gasteiger partial charge < -0.3 is 5.32 Å². The van der Waals surface area contributed by atoms with Gasteiger partial charge in [0.15, 0.2) is 5.16 Å². The first-order valence-corrected chi connectivity index (χ1v) is 12.6. The number of fused-ring (bicyclic) bond motifs is 3. The van der Waals surface area contributed by atoms with Gasteiger partial charge in [0.2, 0.25) is 5.91 Å². The molecule has 0 bridgehead atoms. The second-order valence-corrected chi connectivity index (χ2v) is 9.69. The highest BCUT2D eigenvalue weighted by molar-refractivity contribution is 7.99. The minimum Gasteiger partial charge on any atom is -0.355 e. The number of hydrogen-bond donors (Lipinski definition) is 1. The molecule has 1 amide bonds. The first kappa shape index (κ1) is 22.5. The SMILES string of the molecule is CCCCNC(=O)CSc1nc2c(sc3ncccc32)c(=O)n1CC(C)c1ccccc1. The van der Waals surface area contributed by atoms with Crippen LogP contribution in [0.25, 0.3) is 20.4 Å². The zero-order chi connectivity index (χ0) is 22.5. The van der Waals surface area contributed by atoms with E-state index in [0.29, 0.717) is 28.5 Å². The number of aromatic nitrogens is 3. The van der Waals surface area contributed by atoms with Gasteiger partial charge in [-0.1, -0.05) is 62.4 Å². The van der Waals surface area contributed by atoms with Gasteiger partial charge in [0.05, 0.1) is 11.3 Å². The van der Waals surface area contributed by atoms with E-state index in [1.165, 1.54) is 23.1 Å². The van der Waals surface area contributed by atoms with Gasteiger partial charge in [-0.25, -0.2) is 9.97 Å². The number of nitrogens with zero attached hydrogens (tertiary/aromatic N) is 3. The van der Waals surface area contributed by atoms with Gasteiger partial charge in [-0.2, -0.15) is 0 Å². The molecular weight excluding hydrogens is 440 g/mol. The number of thiophene rings is 1. The normalized spacial score (nSPS) is 12.3. The van der Waals surface area contributed by atoms with Crippen LogP contribution < -0.4 is 10.9 Å². The monoisotopic (exact) mass is 466 g/mol. The fourth-order valence-corrected chi connectivity index (χ4v) is 5.42. The highest BCUT2D eigenvalue weighted by Crippen LogP contribution is 2.31. The molecule has 0 saturated heterocycles. The van der Waals surface area contributed by atoms with Crippen molar-refractivity contribution in [2.24, 2.45) is 0 Å². The lowest BCUT2D eigenvalue weighted by atomic mass is 10.0. The largest absolute Gasteiger partial charge is 0.355 e. The standard InChI is InChI=1S/C24H26N4O2S2/c1-3-4-12-25-19(29)15-31-24-27-20-18-11-8-13-26-22(18)32-21(20)23(30)28(24)14-16(2)17-9-6-5-7-10-17/h5-11,13,16H,3-4,12,14-15H2,1-2H3,(H,25,29). The van der Waals surface area contributed by atoms with Crippen LogP contribution in [0.2, 0.25) is 0 Å². The summed E-state index contributed by atoms with van der Waals surface area (Å²) < 4.78 is 2.33. The maximum Gasteiger partial charge on any atom is 0.272 e. The number of benzene rings is 1. The van der Waals surface area contributed by atoms with Crippen LogP contribution in [0.15, 0.2) is 58.6 Å². The highest BCUT2D eigenvalue weighted by Gasteiger charge is 2.19. The van der Waals surface area contributed by atoms with Crippen LogP contribution in [0.5, 0.6) is 0 Å². The summed E-state index contributed by atoms with van der Waals surface area (Å²) in [5, 5.41) is 4.38. The molecule has 0 aliphatic rings. The molecule has 0 radical (unpaired) electrons. The molecule has 8 heteroatoms. The van der Waals surface area contributed by atoms with E-state index < -0.39 is 0 Å². The number of pyridine rings is 1. The Morgan fingerprint density at radius 3 is 2.81 bits per heavy atom. The van der Waals surface area contributed by atoms with Gasteiger partial charge in [0, 0.05) is 24.7 Å². The van der Waals surface area contributed by atoms with Crippen LogP contribution in [-0.4, -0.2) is 32.7 Å². The number of carbonyl (C=O) groups excluding carboxylic acids is 1. The molecule has 0 saturated carbocycles. The predicted molar refractivity (Wildman–Crippen MR) is 133 cm³/mol. The summed E-state index contributed by atoms with van der Waals surface area (Å²) in [5.41, 5.74) is 1.75. The van der Waals surface area contributed by atoms with Gasteiger partial charge in [-0.05, 0) is 30.0 Å². The number of rotatable bonds is 9. The van der Waals surface area contributed by atoms with Crippen molar-refractivity contribution in [1.82, 2.24) is 19.9 Å². The molecule has 0 aliphatic heterocycles. The molecule has 1 N–H and O–H groups in total. The van der Waals surface area contributed by atoms with Crippen molar-refractivity contribution < 1.29 is 4.79 Å². The van der Waals surface area contributed by atoms with Crippen molar-refractivity contribution in [3.05, 3.63) is 64.6 Å². The lowest BCUT2D eigenvalue weighted by molar-refractivity contribution is -0.118. The van der Waals surface area contributed by atoms with Crippen LogP contribution in [0.1, 0.15) is 38.2 Å². The van der Waals surface area contributed by atoms with E-state index in [-0.39, 0.29) is 23.1 Å². The van der Waals surface area contributed by atoms with Crippen molar-refractivity contribution >= 4 is 49.4 Å². The number of hydrogen-bond acceptors (Lipinski definition) is 6. The Morgan fingerprint density at radius 1 is 1.22 bits per heavy atom. The molecule has 1 unspecified atom stereocenters. The first-order valence-electron chi connectivity index (χ1n) is 10.8. The maximum atomic E-state index is 13.5. The Labute approximate surface area is 195 Å². The van der Waals surface area contributed by atoms with Crippen LogP contribution in [0.4, 0.5) is 0 Å². The van der Waals surface area contributed by atoms with E-state index in [2.05, 4.69) is 36.3 Å². The molecule has 32 heavy (non-hydrogen) atoms. The maximum absolute atomic E-state index is 13.5. The Kier molecular flexibility index (Phi) is 7.22. The highest BCUT2D eigenvalue weighted by atomic mass is 32.2. The zero-order valence-electron chi connectivity index (χ0n) is 18.2. The average molecular weight is 467 g/mol. The van der Waals surface area contributed by atoms with Gasteiger partial charge in [0.25, 0.3) is 5.56 Å². The summed E-state index contributed by atoms with van der Waals surface area (Å²) in [5.74, 6) is 0.303. The number of thioether (sulfide) groups is 1. The summed E-state index contributed by atoms with van der Waals surface area (Å²) in [6, 6.07) is 13.9. The Morgan fingerprint density at radius 2 is 2.03 bits per heavy atom. The predicted octanol–water partition coefficient (Wildman–Crippen LogP) is 4.82. The van der Waals surface area contributed by atoms with Crippen molar-refractivity contribution in [1.29, 1.82) is 0 Å². The average Bonchev–Trinajstić information content (AvgIpc) is 3.19. The van der Waals surface area contributed by atoms with Gasteiger partial charge in [-0.15, -0.1) is 11.3 Å². The molecule has 4 rings (SSSR count). The summed E-state index contributed by atoms with van der Waals surface area (Å²) in [6.07, 6.45) is 3.71. The molecule has 3 aromatic heterocycles. The molecule has 3 heterocycles. The quantitative estimate of drug-likeness (QED) is 0.217. The molecule has 0 aliphatic carbocycles. The van der Waals surface area contributed by atoms with Crippen LogP contribution in [0.3, 0.4) is 0 Å². The van der Waals surface area contributed by atoms with E-state index in [0.717, 1.165) is 28.6 Å². The number of unbranched alkanes of at least 4 members (excludes halogenated alkanes) is 1. The van der Waals surface area contributed by atoms with E-state index in [1.54, 1.807) is 10.8 Å². The zero-order valence-corrected chi connectivity index (χ0v) is 19.8. The lowest BCUT2D eigenvalue weighted by Gasteiger charge is -2.17. The third-order valence-electron chi connectivity index (χ3n) is 5.33. The third kappa shape index (κ3) is 4.86. The van der Waals surface area contributed by atoms with Crippen LogP contribution >= 0.6 is 23.1 Å². The minimum atomic E-state index is -0.0744. The van der Waals surface area contributed by atoms with Crippen molar-refractivity contribution in [3.63, 3.8) is 0 Å². The minimum absolute atomic E-state index is 0.0442. The fourth-order valence-electron chi connectivity index (χ4n) is 3.56. The van der Waals surface area contributed by atoms with Gasteiger partial charge in [0.1, 0.15) is 9.53 Å². The molecule has 1 atom stereocenters. The fraction of sp³-hybridized carbons (Fsp3) is 0.333. The van der Waals surface area contributed by atoms with Crippen LogP contribution in [0, 0.1) is 0 Å². The molecule has 4 aromatic rings. The summed E-state index contributed by atoms with van der Waals surface area (Å²) in [4.78, 5) is 35.9. The van der Waals surface area contributed by atoms with Gasteiger partial charge in [-0.3, -0.25) is 14.2 Å². The van der Waals surface area contributed by atoms with Crippen LogP contribution in [-0.2, 0) is 11.3 Å². The summed E-state index contributed by atoms with van der Waals surface area (Å²) >= 11 is 2.69. The van der Waals surface area contributed by atoms with E-state index >= 15 is 0 Å². The first-order chi connectivity index (χ1) is 15.6.